The Hall–Kier alpha value is -1.52. The lowest BCUT2D eigenvalue weighted by atomic mass is 10.0. The number of halogens is 1. The summed E-state index contributed by atoms with van der Waals surface area (Å²) in [7, 11) is 3.67. The minimum Gasteiger partial charge on any atom is -0.401 e. The lowest BCUT2D eigenvalue weighted by molar-refractivity contribution is 0.0454. The molecule has 0 aromatic rings. The summed E-state index contributed by atoms with van der Waals surface area (Å²) in [5.41, 5.74) is 7.15. The summed E-state index contributed by atoms with van der Waals surface area (Å²) < 4.78 is 30.4. The van der Waals surface area contributed by atoms with E-state index in [4.69, 9.17) is 21.5 Å². The van der Waals surface area contributed by atoms with Crippen LogP contribution in [0.5, 0.6) is 0 Å². The first-order valence-electron chi connectivity index (χ1n) is 8.09. The maximum atomic E-state index is 13.7. The first-order valence-corrected chi connectivity index (χ1v) is 9.31. The van der Waals surface area contributed by atoms with Crippen LogP contribution in [0.25, 0.3) is 0 Å². The van der Waals surface area contributed by atoms with Crippen LogP contribution >= 0.6 is 0 Å². The summed E-state index contributed by atoms with van der Waals surface area (Å²) in [4.78, 5) is 2.23. The standard InChI is InChI=1S/C17H32FN5O2S/c1-6-14(8-7-13(2)26(21)24)17(25-5)16(11-18)23(20)12-15(19)9-10-22(3)4/h6-8,12,16-17H,2,9-11,19-21H2,1,3-5H3/b8-7-,14-6+,15-12-. The monoisotopic (exact) mass is 389 g/mol. The van der Waals surface area contributed by atoms with Gasteiger partial charge in [0.05, 0.1) is 0 Å². The molecule has 0 rings (SSSR count). The van der Waals surface area contributed by atoms with Crippen molar-refractivity contribution < 1.29 is 13.3 Å². The molecule has 0 saturated carbocycles. The Morgan fingerprint density at radius 1 is 1.38 bits per heavy atom. The van der Waals surface area contributed by atoms with Gasteiger partial charge in [0.1, 0.15) is 29.8 Å². The number of nitrogens with zero attached hydrogens (tertiary/aromatic N) is 2. The second-order valence-corrected chi connectivity index (χ2v) is 7.09. The van der Waals surface area contributed by atoms with Crippen molar-refractivity contribution in [1.29, 1.82) is 0 Å². The molecule has 0 saturated heterocycles. The molecular weight excluding hydrogens is 357 g/mol. The number of allylic oxidation sites excluding steroid dienone is 2. The van der Waals surface area contributed by atoms with E-state index in [2.05, 4.69) is 6.58 Å². The highest BCUT2D eigenvalue weighted by molar-refractivity contribution is 7.86. The Morgan fingerprint density at radius 3 is 2.42 bits per heavy atom. The van der Waals surface area contributed by atoms with E-state index in [0.717, 1.165) is 6.54 Å². The van der Waals surface area contributed by atoms with Crippen molar-refractivity contribution in [2.24, 2.45) is 16.7 Å². The number of hydrogen-bond acceptors (Lipinski definition) is 6. The minimum absolute atomic E-state index is 0.244. The van der Waals surface area contributed by atoms with Crippen molar-refractivity contribution in [2.45, 2.75) is 25.5 Å². The van der Waals surface area contributed by atoms with Gasteiger partial charge in [-0.1, -0.05) is 18.7 Å². The SMILES string of the molecule is C=C(/C=C\C(=C/C)C(OC)C(CF)N(N)/C=C(\N)CCN(C)C)S(N)=O. The van der Waals surface area contributed by atoms with Gasteiger partial charge in [-0.2, -0.15) is 0 Å². The van der Waals surface area contributed by atoms with Crippen LogP contribution in [0.2, 0.25) is 0 Å². The van der Waals surface area contributed by atoms with Gasteiger partial charge in [-0.25, -0.2) is 19.6 Å². The van der Waals surface area contributed by atoms with E-state index in [1.54, 1.807) is 19.1 Å². The molecule has 7 nitrogen and oxygen atoms in total. The lowest BCUT2D eigenvalue weighted by Crippen LogP contribution is -2.48. The molecule has 3 atom stereocenters. The van der Waals surface area contributed by atoms with Crippen molar-refractivity contribution in [2.75, 3.05) is 34.4 Å². The first kappa shape index (κ1) is 24.5. The van der Waals surface area contributed by atoms with Gasteiger partial charge >= 0.3 is 0 Å². The molecule has 0 aliphatic carbocycles. The zero-order valence-electron chi connectivity index (χ0n) is 16.0. The number of methoxy groups -OCH3 is 1. The van der Waals surface area contributed by atoms with E-state index < -0.39 is 29.8 Å². The third kappa shape index (κ3) is 8.72. The molecular formula is C17H32FN5O2S. The molecule has 6 N–H and O–H groups in total. The Kier molecular flexibility index (Phi) is 12.0. The molecule has 0 bridgehead atoms. The molecule has 3 unspecified atom stereocenters. The number of hydrogen-bond donors (Lipinski definition) is 3. The number of hydrazine groups is 1. The third-order valence-electron chi connectivity index (χ3n) is 3.69. The van der Waals surface area contributed by atoms with Crippen LogP contribution in [0, 0.1) is 0 Å². The summed E-state index contributed by atoms with van der Waals surface area (Å²) in [5, 5.41) is 6.50. The summed E-state index contributed by atoms with van der Waals surface area (Å²) >= 11 is 0. The quantitative estimate of drug-likeness (QED) is 0.260. The molecule has 0 amide bonds. The van der Waals surface area contributed by atoms with Gasteiger partial charge in [0.25, 0.3) is 0 Å². The summed E-state index contributed by atoms with van der Waals surface area (Å²) in [6, 6.07) is -0.787. The number of ether oxygens (including phenoxy) is 1. The van der Waals surface area contributed by atoms with Gasteiger partial charge in [0.15, 0.2) is 0 Å². The average molecular weight is 390 g/mol. The number of nitrogens with two attached hydrogens (primary N) is 3. The predicted octanol–water partition coefficient (Wildman–Crippen LogP) is 0.906. The van der Waals surface area contributed by atoms with Gasteiger partial charge in [0.2, 0.25) is 0 Å². The maximum Gasteiger partial charge on any atom is 0.121 e. The van der Waals surface area contributed by atoms with E-state index >= 15 is 0 Å². The van der Waals surface area contributed by atoms with Crippen LogP contribution in [0.1, 0.15) is 13.3 Å². The zero-order chi connectivity index (χ0) is 20.3. The van der Waals surface area contributed by atoms with Crippen LogP contribution in [0.3, 0.4) is 0 Å². The van der Waals surface area contributed by atoms with Gasteiger partial charge in [-0.15, -0.1) is 0 Å². The van der Waals surface area contributed by atoms with Crippen molar-refractivity contribution in [3.05, 3.63) is 47.2 Å². The van der Waals surface area contributed by atoms with E-state index in [-0.39, 0.29) is 4.91 Å². The van der Waals surface area contributed by atoms with Crippen molar-refractivity contribution in [3.8, 4) is 0 Å². The predicted molar refractivity (Wildman–Crippen MR) is 106 cm³/mol. The average Bonchev–Trinajstić information content (AvgIpc) is 2.58. The first-order chi connectivity index (χ1) is 12.2. The maximum absolute atomic E-state index is 13.7. The van der Waals surface area contributed by atoms with Crippen LogP contribution in [-0.4, -0.2) is 60.7 Å². The highest BCUT2D eigenvalue weighted by Gasteiger charge is 2.27. The zero-order valence-corrected chi connectivity index (χ0v) is 16.8. The molecule has 0 fully saturated rings. The summed E-state index contributed by atoms with van der Waals surface area (Å²) in [6.07, 6.45) is 6.36. The molecule has 150 valence electrons. The summed E-state index contributed by atoms with van der Waals surface area (Å²) in [6.45, 7) is 5.39. The largest absolute Gasteiger partial charge is 0.401 e. The molecule has 0 aliphatic rings. The highest BCUT2D eigenvalue weighted by atomic mass is 32.2. The lowest BCUT2D eigenvalue weighted by Gasteiger charge is -2.31. The topological polar surface area (TPSA) is 111 Å². The van der Waals surface area contributed by atoms with Crippen molar-refractivity contribution >= 4 is 11.0 Å². The minimum atomic E-state index is -1.67. The van der Waals surface area contributed by atoms with Gasteiger partial charge in [0, 0.05) is 36.9 Å². The van der Waals surface area contributed by atoms with Gasteiger partial charge < -0.3 is 20.4 Å². The molecule has 0 radical (unpaired) electrons. The van der Waals surface area contributed by atoms with E-state index in [9.17, 15) is 8.60 Å². The van der Waals surface area contributed by atoms with E-state index in [1.807, 2.05) is 19.0 Å². The smallest absolute Gasteiger partial charge is 0.121 e. The molecule has 0 aromatic carbocycles. The van der Waals surface area contributed by atoms with Crippen LogP contribution in [-0.2, 0) is 15.7 Å². The summed E-state index contributed by atoms with van der Waals surface area (Å²) in [5.74, 6) is 6.01. The van der Waals surface area contributed by atoms with E-state index in [0.29, 0.717) is 17.7 Å². The molecule has 26 heavy (non-hydrogen) atoms. The molecule has 0 heterocycles. The molecule has 0 spiro atoms. The highest BCUT2D eigenvalue weighted by Crippen LogP contribution is 2.18. The Morgan fingerprint density at radius 2 is 2.00 bits per heavy atom. The second-order valence-electron chi connectivity index (χ2n) is 5.97. The second kappa shape index (κ2) is 12.8. The third-order valence-corrected chi connectivity index (χ3v) is 4.34. The number of rotatable bonds is 12. The van der Waals surface area contributed by atoms with Crippen LogP contribution < -0.4 is 16.7 Å². The Bertz CT molecular complexity index is 563. The fourth-order valence-corrected chi connectivity index (χ4v) is 2.35. The number of alkyl halides is 1. The molecule has 9 heteroatoms. The van der Waals surface area contributed by atoms with Crippen molar-refractivity contribution in [3.63, 3.8) is 0 Å². The normalized spacial score (nSPS) is 16.8. The fraction of sp³-hybridized carbons (Fsp3) is 0.529. The fourth-order valence-electron chi connectivity index (χ4n) is 2.15. The Balaban J connectivity index is 5.34. The Labute approximate surface area is 158 Å². The van der Waals surface area contributed by atoms with Gasteiger partial charge in [-0.3, -0.25) is 0 Å². The molecule has 0 aliphatic heterocycles. The van der Waals surface area contributed by atoms with Crippen LogP contribution in [0.15, 0.2) is 47.2 Å². The van der Waals surface area contributed by atoms with Gasteiger partial charge in [-0.05, 0) is 32.7 Å². The van der Waals surface area contributed by atoms with Crippen molar-refractivity contribution in [1.82, 2.24) is 9.91 Å². The molecule has 0 aromatic heterocycles. The van der Waals surface area contributed by atoms with Crippen LogP contribution in [0.4, 0.5) is 4.39 Å². The van der Waals surface area contributed by atoms with E-state index in [1.165, 1.54) is 24.4 Å².